The van der Waals surface area contributed by atoms with E-state index in [0.29, 0.717) is 32.9 Å². The standard InChI is InChI=1S/C23H33N3O3/c1-5-28-13-14-29-18-20-10-8-9-19(15-20)16-25-23(24-2)26(3)17-21-11-6-7-12-22(21)27-4/h6-12,15H,5,13-14,16-18H2,1-4H3,(H,24,25). The van der Waals surface area contributed by atoms with Crippen molar-refractivity contribution in [1.82, 2.24) is 10.2 Å². The monoisotopic (exact) mass is 399 g/mol. The van der Waals surface area contributed by atoms with Gasteiger partial charge in [-0.15, -0.1) is 0 Å². The highest BCUT2D eigenvalue weighted by atomic mass is 16.5. The molecule has 0 aliphatic carbocycles. The van der Waals surface area contributed by atoms with Crippen LogP contribution in [-0.4, -0.2) is 51.9 Å². The molecule has 0 fully saturated rings. The van der Waals surface area contributed by atoms with Gasteiger partial charge < -0.3 is 24.4 Å². The first-order valence-corrected chi connectivity index (χ1v) is 9.94. The van der Waals surface area contributed by atoms with Crippen LogP contribution in [0.25, 0.3) is 0 Å². The van der Waals surface area contributed by atoms with Crippen LogP contribution >= 0.6 is 0 Å². The summed E-state index contributed by atoms with van der Waals surface area (Å²) < 4.78 is 16.4. The normalized spacial score (nSPS) is 11.4. The zero-order valence-corrected chi connectivity index (χ0v) is 18.0. The van der Waals surface area contributed by atoms with E-state index in [9.17, 15) is 0 Å². The number of guanidine groups is 1. The molecular weight excluding hydrogens is 366 g/mol. The van der Waals surface area contributed by atoms with E-state index in [0.717, 1.165) is 29.4 Å². The van der Waals surface area contributed by atoms with Crippen molar-refractivity contribution in [2.45, 2.75) is 26.6 Å². The van der Waals surface area contributed by atoms with Crippen molar-refractivity contribution in [3.8, 4) is 5.75 Å². The number of nitrogens with zero attached hydrogens (tertiary/aromatic N) is 2. The number of aliphatic imine (C=N–C) groups is 1. The van der Waals surface area contributed by atoms with Gasteiger partial charge in [-0.25, -0.2) is 0 Å². The molecule has 0 radical (unpaired) electrons. The molecule has 0 amide bonds. The molecule has 0 bridgehead atoms. The molecule has 2 aromatic carbocycles. The second-order valence-corrected chi connectivity index (χ2v) is 6.64. The zero-order chi connectivity index (χ0) is 20.9. The number of ether oxygens (including phenoxy) is 3. The number of benzene rings is 2. The highest BCUT2D eigenvalue weighted by molar-refractivity contribution is 5.79. The van der Waals surface area contributed by atoms with Crippen LogP contribution in [0.5, 0.6) is 5.75 Å². The summed E-state index contributed by atoms with van der Waals surface area (Å²) in [7, 11) is 5.51. The average molecular weight is 400 g/mol. The maximum atomic E-state index is 5.66. The van der Waals surface area contributed by atoms with E-state index in [-0.39, 0.29) is 0 Å². The molecule has 0 saturated carbocycles. The molecule has 0 heterocycles. The molecule has 0 aromatic heterocycles. The molecule has 2 aromatic rings. The molecule has 0 atom stereocenters. The number of methoxy groups -OCH3 is 1. The summed E-state index contributed by atoms with van der Waals surface area (Å²) in [6, 6.07) is 16.4. The minimum atomic E-state index is 0.587. The molecule has 1 N–H and O–H groups in total. The lowest BCUT2D eigenvalue weighted by molar-refractivity contribution is 0.0453. The van der Waals surface area contributed by atoms with Crippen molar-refractivity contribution in [2.24, 2.45) is 4.99 Å². The Bertz CT molecular complexity index is 765. The largest absolute Gasteiger partial charge is 0.496 e. The lowest BCUT2D eigenvalue weighted by atomic mass is 10.1. The van der Waals surface area contributed by atoms with Gasteiger partial charge in [-0.3, -0.25) is 4.99 Å². The second kappa shape index (κ2) is 12.8. The summed E-state index contributed by atoms with van der Waals surface area (Å²) >= 11 is 0. The Morgan fingerprint density at radius 3 is 2.55 bits per heavy atom. The summed E-state index contributed by atoms with van der Waals surface area (Å²) in [5.41, 5.74) is 3.45. The third kappa shape index (κ3) is 7.75. The van der Waals surface area contributed by atoms with Gasteiger partial charge in [0, 0.05) is 39.4 Å². The van der Waals surface area contributed by atoms with Crippen LogP contribution in [0, 0.1) is 0 Å². The molecule has 0 unspecified atom stereocenters. The van der Waals surface area contributed by atoms with Crippen molar-refractivity contribution in [3.63, 3.8) is 0 Å². The summed E-state index contributed by atoms with van der Waals surface area (Å²) in [6.07, 6.45) is 0. The van der Waals surface area contributed by atoms with Crippen LogP contribution in [0.15, 0.2) is 53.5 Å². The van der Waals surface area contributed by atoms with E-state index in [1.807, 2.05) is 32.2 Å². The van der Waals surface area contributed by atoms with Crippen LogP contribution in [0.1, 0.15) is 23.6 Å². The van der Waals surface area contributed by atoms with E-state index >= 15 is 0 Å². The van der Waals surface area contributed by atoms with Gasteiger partial charge in [0.2, 0.25) is 0 Å². The second-order valence-electron chi connectivity index (χ2n) is 6.64. The van der Waals surface area contributed by atoms with Crippen molar-refractivity contribution in [3.05, 3.63) is 65.2 Å². The Morgan fingerprint density at radius 2 is 1.79 bits per heavy atom. The first-order valence-electron chi connectivity index (χ1n) is 9.94. The van der Waals surface area contributed by atoms with E-state index in [4.69, 9.17) is 14.2 Å². The first-order chi connectivity index (χ1) is 14.2. The van der Waals surface area contributed by atoms with E-state index in [2.05, 4.69) is 45.5 Å². The van der Waals surface area contributed by atoms with Gasteiger partial charge in [0.25, 0.3) is 0 Å². The smallest absolute Gasteiger partial charge is 0.193 e. The zero-order valence-electron chi connectivity index (χ0n) is 18.0. The Kier molecular flexibility index (Phi) is 10.0. The maximum absolute atomic E-state index is 5.66. The fraction of sp³-hybridized carbons (Fsp3) is 0.435. The fourth-order valence-corrected chi connectivity index (χ4v) is 3.01. The molecular formula is C23H33N3O3. The van der Waals surface area contributed by atoms with E-state index in [1.54, 1.807) is 14.2 Å². The Hall–Kier alpha value is -2.57. The third-order valence-corrected chi connectivity index (χ3v) is 4.46. The molecule has 0 aliphatic rings. The number of para-hydroxylation sites is 1. The number of nitrogens with one attached hydrogen (secondary N) is 1. The number of hydrogen-bond donors (Lipinski definition) is 1. The summed E-state index contributed by atoms with van der Waals surface area (Å²) in [5.74, 6) is 1.71. The molecule has 0 aliphatic heterocycles. The van der Waals surface area contributed by atoms with Gasteiger partial charge >= 0.3 is 0 Å². The molecule has 29 heavy (non-hydrogen) atoms. The SMILES string of the molecule is CCOCCOCc1cccc(CNC(=NC)N(C)Cc2ccccc2OC)c1. The van der Waals surface area contributed by atoms with Gasteiger partial charge in [0.1, 0.15) is 5.75 Å². The quantitative estimate of drug-likeness (QED) is 0.356. The summed E-state index contributed by atoms with van der Waals surface area (Å²) in [4.78, 5) is 6.49. The first kappa shape index (κ1) is 22.7. The van der Waals surface area contributed by atoms with Crippen LogP contribution in [0.4, 0.5) is 0 Å². The highest BCUT2D eigenvalue weighted by Crippen LogP contribution is 2.18. The van der Waals surface area contributed by atoms with Crippen molar-refractivity contribution in [2.75, 3.05) is 41.0 Å². The van der Waals surface area contributed by atoms with Crippen LogP contribution < -0.4 is 10.1 Å². The molecule has 0 saturated heterocycles. The van der Waals surface area contributed by atoms with Gasteiger partial charge in [-0.1, -0.05) is 42.5 Å². The minimum Gasteiger partial charge on any atom is -0.496 e. The van der Waals surface area contributed by atoms with Gasteiger partial charge in [-0.2, -0.15) is 0 Å². The molecule has 6 nitrogen and oxygen atoms in total. The Balaban J connectivity index is 1.87. The lowest BCUT2D eigenvalue weighted by Crippen LogP contribution is -2.38. The van der Waals surface area contributed by atoms with Crippen LogP contribution in [0.2, 0.25) is 0 Å². The minimum absolute atomic E-state index is 0.587. The Morgan fingerprint density at radius 1 is 1.03 bits per heavy atom. The van der Waals surface area contributed by atoms with Crippen molar-refractivity contribution >= 4 is 5.96 Å². The van der Waals surface area contributed by atoms with Crippen molar-refractivity contribution < 1.29 is 14.2 Å². The molecule has 2 rings (SSSR count). The fourth-order valence-electron chi connectivity index (χ4n) is 3.01. The number of rotatable bonds is 11. The predicted molar refractivity (Wildman–Crippen MR) is 117 cm³/mol. The molecule has 6 heteroatoms. The van der Waals surface area contributed by atoms with E-state index < -0.39 is 0 Å². The van der Waals surface area contributed by atoms with Crippen molar-refractivity contribution in [1.29, 1.82) is 0 Å². The molecule has 0 spiro atoms. The van der Waals surface area contributed by atoms with Crippen LogP contribution in [-0.2, 0) is 29.2 Å². The third-order valence-electron chi connectivity index (χ3n) is 4.46. The summed E-state index contributed by atoms with van der Waals surface area (Å²) in [5, 5.41) is 3.43. The average Bonchev–Trinajstić information content (AvgIpc) is 2.75. The maximum Gasteiger partial charge on any atom is 0.193 e. The summed E-state index contributed by atoms with van der Waals surface area (Å²) in [6.45, 7) is 5.93. The topological polar surface area (TPSA) is 55.3 Å². The van der Waals surface area contributed by atoms with Gasteiger partial charge in [-0.05, 0) is 24.1 Å². The van der Waals surface area contributed by atoms with Crippen LogP contribution in [0.3, 0.4) is 0 Å². The number of hydrogen-bond acceptors (Lipinski definition) is 4. The van der Waals surface area contributed by atoms with E-state index in [1.165, 1.54) is 5.56 Å². The Labute approximate surface area is 174 Å². The highest BCUT2D eigenvalue weighted by Gasteiger charge is 2.10. The molecule has 158 valence electrons. The van der Waals surface area contributed by atoms with Gasteiger partial charge in [0.05, 0.1) is 26.9 Å². The van der Waals surface area contributed by atoms with Gasteiger partial charge in [0.15, 0.2) is 5.96 Å². The lowest BCUT2D eigenvalue weighted by Gasteiger charge is -2.23. The predicted octanol–water partition coefficient (Wildman–Crippen LogP) is 3.46.